The Morgan fingerprint density at radius 1 is 0.789 bits per heavy atom. The third-order valence-electron chi connectivity index (χ3n) is 3.21. The molecule has 0 aromatic heterocycles. The van der Waals surface area contributed by atoms with Crippen LogP contribution in [-0.2, 0) is 0 Å². The van der Waals surface area contributed by atoms with E-state index in [-0.39, 0.29) is 0 Å². The van der Waals surface area contributed by atoms with Crippen LogP contribution < -0.4 is 9.47 Å². The summed E-state index contributed by atoms with van der Waals surface area (Å²) in [5.41, 5.74) is 2.00. The van der Waals surface area contributed by atoms with Gasteiger partial charge >= 0.3 is 5.91 Å². The highest BCUT2D eigenvalue weighted by Gasteiger charge is 2.37. The molecule has 0 radical (unpaired) electrons. The molecule has 0 amide bonds. The zero-order valence-corrected chi connectivity index (χ0v) is 10.1. The summed E-state index contributed by atoms with van der Waals surface area (Å²) >= 11 is 0. The minimum absolute atomic E-state index is 0.779. The molecule has 3 heteroatoms. The summed E-state index contributed by atoms with van der Waals surface area (Å²) in [6, 6.07) is 15.6. The van der Waals surface area contributed by atoms with Crippen LogP contribution in [-0.4, -0.2) is 12.1 Å². The molecule has 1 atom stereocenters. The molecular weight excluding hydrogens is 238 g/mol. The minimum Gasteiger partial charge on any atom is -0.430 e. The Labute approximate surface area is 110 Å². The lowest BCUT2D eigenvalue weighted by atomic mass is 10.1. The SMILES string of the molecule is C1=CC2(N=Cc3ccccc3O2)Oc2ccccc21. The summed E-state index contributed by atoms with van der Waals surface area (Å²) in [7, 11) is 0. The van der Waals surface area contributed by atoms with E-state index in [4.69, 9.17) is 9.47 Å². The second-order valence-corrected chi connectivity index (χ2v) is 4.50. The van der Waals surface area contributed by atoms with Gasteiger partial charge in [0.15, 0.2) is 0 Å². The first-order valence-corrected chi connectivity index (χ1v) is 6.15. The molecule has 0 fully saturated rings. The molecule has 3 nitrogen and oxygen atoms in total. The highest BCUT2D eigenvalue weighted by molar-refractivity contribution is 5.85. The lowest BCUT2D eigenvalue weighted by Crippen LogP contribution is -2.41. The van der Waals surface area contributed by atoms with E-state index in [1.807, 2.05) is 60.7 Å². The average Bonchev–Trinajstić information content (AvgIpc) is 2.47. The largest absolute Gasteiger partial charge is 0.430 e. The van der Waals surface area contributed by atoms with Gasteiger partial charge in [0.05, 0.1) is 0 Å². The molecule has 1 spiro atoms. The van der Waals surface area contributed by atoms with Crippen molar-refractivity contribution in [3.63, 3.8) is 0 Å². The molecule has 0 N–H and O–H groups in total. The van der Waals surface area contributed by atoms with Crippen molar-refractivity contribution in [2.45, 2.75) is 5.91 Å². The first kappa shape index (κ1) is 10.4. The standard InChI is InChI=1S/C16H11NO2/c1-3-7-14-12(5-1)9-10-16(18-14)17-11-13-6-2-4-8-15(13)19-16/h1-11H. The molecule has 0 saturated carbocycles. The summed E-state index contributed by atoms with van der Waals surface area (Å²) in [5, 5.41) is 0. The van der Waals surface area contributed by atoms with Crippen LogP contribution in [0, 0.1) is 0 Å². The zero-order valence-electron chi connectivity index (χ0n) is 10.1. The van der Waals surface area contributed by atoms with Crippen LogP contribution in [0.25, 0.3) is 6.08 Å². The normalized spacial score (nSPS) is 22.3. The summed E-state index contributed by atoms with van der Waals surface area (Å²) in [5.74, 6) is 0.492. The van der Waals surface area contributed by atoms with Crippen LogP contribution in [0.4, 0.5) is 0 Å². The molecule has 19 heavy (non-hydrogen) atoms. The van der Waals surface area contributed by atoms with Crippen LogP contribution in [0.3, 0.4) is 0 Å². The number of rotatable bonds is 0. The Bertz CT molecular complexity index is 642. The van der Waals surface area contributed by atoms with Gasteiger partial charge < -0.3 is 9.47 Å². The van der Waals surface area contributed by atoms with Crippen molar-refractivity contribution in [3.8, 4) is 11.5 Å². The monoisotopic (exact) mass is 249 g/mol. The number of para-hydroxylation sites is 2. The number of benzene rings is 2. The van der Waals surface area contributed by atoms with Crippen molar-refractivity contribution in [1.82, 2.24) is 0 Å². The van der Waals surface area contributed by atoms with Crippen LogP contribution in [0.2, 0.25) is 0 Å². The van der Waals surface area contributed by atoms with Gasteiger partial charge in [0.2, 0.25) is 0 Å². The Morgan fingerprint density at radius 3 is 2.21 bits per heavy atom. The number of ether oxygens (including phenoxy) is 2. The molecule has 0 aliphatic carbocycles. The molecule has 2 aliphatic rings. The molecule has 92 valence electrons. The van der Waals surface area contributed by atoms with Crippen molar-refractivity contribution >= 4 is 12.3 Å². The van der Waals surface area contributed by atoms with E-state index >= 15 is 0 Å². The molecule has 0 bridgehead atoms. The van der Waals surface area contributed by atoms with Crippen LogP contribution in [0.5, 0.6) is 11.5 Å². The summed E-state index contributed by atoms with van der Waals surface area (Å²) in [6.45, 7) is 0. The van der Waals surface area contributed by atoms with Crippen molar-refractivity contribution in [1.29, 1.82) is 0 Å². The Morgan fingerprint density at radius 2 is 1.42 bits per heavy atom. The Hall–Kier alpha value is -2.55. The Balaban J connectivity index is 1.76. The van der Waals surface area contributed by atoms with Crippen molar-refractivity contribution < 1.29 is 9.47 Å². The van der Waals surface area contributed by atoms with Gasteiger partial charge in [-0.1, -0.05) is 30.3 Å². The fourth-order valence-corrected chi connectivity index (χ4v) is 2.25. The fraction of sp³-hybridized carbons (Fsp3) is 0.0625. The first-order valence-electron chi connectivity index (χ1n) is 6.15. The van der Waals surface area contributed by atoms with E-state index in [1.165, 1.54) is 0 Å². The third kappa shape index (κ3) is 1.63. The summed E-state index contributed by atoms with van der Waals surface area (Å²) in [4.78, 5) is 4.40. The number of hydrogen-bond donors (Lipinski definition) is 0. The predicted octanol–water partition coefficient (Wildman–Crippen LogP) is 3.26. The maximum Gasteiger partial charge on any atom is 0.378 e. The highest BCUT2D eigenvalue weighted by atomic mass is 16.7. The van der Waals surface area contributed by atoms with Gasteiger partial charge in [0.25, 0.3) is 0 Å². The number of fused-ring (bicyclic) bond motifs is 2. The lowest BCUT2D eigenvalue weighted by Gasteiger charge is -2.33. The molecule has 1 unspecified atom stereocenters. The van der Waals surface area contributed by atoms with E-state index < -0.39 is 5.91 Å². The maximum atomic E-state index is 5.91. The number of aliphatic imine (C=N–C) groups is 1. The summed E-state index contributed by atoms with van der Waals surface area (Å²) in [6.07, 6.45) is 5.60. The Kier molecular flexibility index (Phi) is 2.03. The van der Waals surface area contributed by atoms with Crippen LogP contribution in [0.1, 0.15) is 11.1 Å². The first-order chi connectivity index (χ1) is 9.35. The quantitative estimate of drug-likeness (QED) is 0.717. The van der Waals surface area contributed by atoms with Crippen LogP contribution >= 0.6 is 0 Å². The van der Waals surface area contributed by atoms with Crippen LogP contribution in [0.15, 0.2) is 59.6 Å². The van der Waals surface area contributed by atoms with Gasteiger partial charge in [-0.25, -0.2) is 4.99 Å². The van der Waals surface area contributed by atoms with E-state index in [0.29, 0.717) is 0 Å². The molecule has 2 aromatic carbocycles. The molecule has 0 saturated heterocycles. The van der Waals surface area contributed by atoms with Gasteiger partial charge in [0.1, 0.15) is 11.5 Å². The molecule has 2 aromatic rings. The topological polar surface area (TPSA) is 30.8 Å². The number of nitrogens with zero attached hydrogens (tertiary/aromatic N) is 1. The predicted molar refractivity (Wildman–Crippen MR) is 73.5 cm³/mol. The number of hydrogen-bond acceptors (Lipinski definition) is 3. The maximum absolute atomic E-state index is 5.91. The summed E-state index contributed by atoms with van der Waals surface area (Å²) < 4.78 is 11.8. The van der Waals surface area contributed by atoms with E-state index in [9.17, 15) is 0 Å². The fourth-order valence-electron chi connectivity index (χ4n) is 2.25. The van der Waals surface area contributed by atoms with Gasteiger partial charge in [0, 0.05) is 23.4 Å². The zero-order chi connectivity index (χ0) is 12.7. The van der Waals surface area contributed by atoms with Crippen molar-refractivity contribution in [3.05, 3.63) is 65.7 Å². The second-order valence-electron chi connectivity index (χ2n) is 4.50. The van der Waals surface area contributed by atoms with E-state index in [0.717, 1.165) is 22.6 Å². The second kappa shape index (κ2) is 3.72. The molecule has 4 rings (SSSR count). The smallest absolute Gasteiger partial charge is 0.378 e. The molecule has 2 aliphatic heterocycles. The van der Waals surface area contributed by atoms with E-state index in [2.05, 4.69) is 4.99 Å². The van der Waals surface area contributed by atoms with E-state index in [1.54, 1.807) is 6.21 Å². The van der Waals surface area contributed by atoms with Crippen molar-refractivity contribution in [2.24, 2.45) is 4.99 Å². The lowest BCUT2D eigenvalue weighted by molar-refractivity contribution is -0.0662. The van der Waals surface area contributed by atoms with Gasteiger partial charge in [-0.15, -0.1) is 0 Å². The average molecular weight is 249 g/mol. The highest BCUT2D eigenvalue weighted by Crippen LogP contribution is 2.36. The minimum atomic E-state index is -1.07. The molecular formula is C16H11NO2. The van der Waals surface area contributed by atoms with Gasteiger partial charge in [-0.2, -0.15) is 0 Å². The van der Waals surface area contributed by atoms with Crippen molar-refractivity contribution in [2.75, 3.05) is 0 Å². The molecule has 2 heterocycles. The van der Waals surface area contributed by atoms with Gasteiger partial charge in [-0.05, 0) is 24.3 Å². The van der Waals surface area contributed by atoms with Gasteiger partial charge in [-0.3, -0.25) is 0 Å². The third-order valence-corrected chi connectivity index (χ3v) is 3.21.